The van der Waals surface area contributed by atoms with E-state index < -0.39 is 0 Å². The second-order valence-corrected chi connectivity index (χ2v) is 3.60. The molecular weight excluding hydrogens is 226 g/mol. The zero-order valence-corrected chi connectivity index (χ0v) is 10.7. The molecule has 0 N–H and O–H groups in total. The first-order chi connectivity index (χ1) is 7.15. The van der Waals surface area contributed by atoms with Gasteiger partial charge in [-0.3, -0.25) is 9.69 Å². The van der Waals surface area contributed by atoms with E-state index >= 15 is 0 Å². The minimum Gasteiger partial charge on any atom is -0.468 e. The minimum absolute atomic E-state index is 0. The normalized spacial score (nSPS) is 11.8. The number of halogens is 1. The highest BCUT2D eigenvalue weighted by molar-refractivity contribution is 5.85. The molecule has 3 nitrogen and oxygen atoms in total. The number of esters is 1. The summed E-state index contributed by atoms with van der Waals surface area (Å²) in [6.07, 6.45) is 0. The fourth-order valence-electron chi connectivity index (χ4n) is 1.36. The number of carbonyl (C=O) groups excluding carboxylic acids is 1. The van der Waals surface area contributed by atoms with Crippen LogP contribution in [0.3, 0.4) is 0 Å². The van der Waals surface area contributed by atoms with E-state index in [1.54, 1.807) is 0 Å². The van der Waals surface area contributed by atoms with Crippen molar-refractivity contribution in [1.29, 1.82) is 0 Å². The van der Waals surface area contributed by atoms with Gasteiger partial charge < -0.3 is 4.74 Å². The SMILES string of the molecule is COC(=O)[C@H](C)N(C)Cc1ccccc1.Cl. The molecule has 0 aromatic heterocycles. The highest BCUT2D eigenvalue weighted by atomic mass is 35.5. The summed E-state index contributed by atoms with van der Waals surface area (Å²) in [5.41, 5.74) is 1.19. The Kier molecular flexibility index (Phi) is 6.77. The number of benzene rings is 1. The Balaban J connectivity index is 0.00000225. The molecule has 0 bridgehead atoms. The van der Waals surface area contributed by atoms with Gasteiger partial charge in [0, 0.05) is 6.54 Å². The van der Waals surface area contributed by atoms with Gasteiger partial charge in [-0.05, 0) is 19.5 Å². The third kappa shape index (κ3) is 4.21. The molecule has 0 aliphatic rings. The van der Waals surface area contributed by atoms with Crippen molar-refractivity contribution in [1.82, 2.24) is 4.90 Å². The summed E-state index contributed by atoms with van der Waals surface area (Å²) in [6, 6.07) is 9.84. The second-order valence-electron chi connectivity index (χ2n) is 3.60. The van der Waals surface area contributed by atoms with E-state index in [1.807, 2.05) is 49.2 Å². The Morgan fingerprint density at radius 2 is 1.94 bits per heavy atom. The number of rotatable bonds is 4. The molecule has 1 rings (SSSR count). The Morgan fingerprint density at radius 3 is 2.44 bits per heavy atom. The number of likely N-dealkylation sites (N-methyl/N-ethyl adjacent to an activating group) is 1. The molecule has 0 amide bonds. The molecule has 1 aromatic carbocycles. The van der Waals surface area contributed by atoms with Gasteiger partial charge in [0.15, 0.2) is 0 Å². The molecule has 0 unspecified atom stereocenters. The quantitative estimate of drug-likeness (QED) is 0.759. The second kappa shape index (κ2) is 7.25. The van der Waals surface area contributed by atoms with Crippen molar-refractivity contribution in [3.8, 4) is 0 Å². The van der Waals surface area contributed by atoms with Crippen molar-refractivity contribution in [3.05, 3.63) is 35.9 Å². The average Bonchev–Trinajstić information content (AvgIpc) is 2.28. The molecule has 16 heavy (non-hydrogen) atoms. The molecule has 0 aliphatic heterocycles. The highest BCUT2D eigenvalue weighted by Crippen LogP contribution is 2.06. The maximum absolute atomic E-state index is 11.3. The van der Waals surface area contributed by atoms with Crippen LogP contribution in [0.25, 0.3) is 0 Å². The van der Waals surface area contributed by atoms with Gasteiger partial charge in [0.2, 0.25) is 0 Å². The third-order valence-electron chi connectivity index (χ3n) is 2.48. The van der Waals surface area contributed by atoms with Crippen molar-refractivity contribution in [3.63, 3.8) is 0 Å². The summed E-state index contributed by atoms with van der Waals surface area (Å²) in [5.74, 6) is -0.201. The molecule has 0 aliphatic carbocycles. The molecule has 0 heterocycles. The molecule has 1 aromatic rings. The first kappa shape index (κ1) is 14.9. The van der Waals surface area contributed by atoms with Crippen LogP contribution in [-0.2, 0) is 16.1 Å². The summed E-state index contributed by atoms with van der Waals surface area (Å²) in [4.78, 5) is 13.2. The summed E-state index contributed by atoms with van der Waals surface area (Å²) >= 11 is 0. The lowest BCUT2D eigenvalue weighted by Crippen LogP contribution is -2.36. The molecule has 0 spiro atoms. The molecule has 4 heteroatoms. The Hall–Kier alpha value is -1.06. The van der Waals surface area contributed by atoms with E-state index in [4.69, 9.17) is 4.74 Å². The lowest BCUT2D eigenvalue weighted by molar-refractivity contribution is -0.145. The average molecular weight is 244 g/mol. The summed E-state index contributed by atoms with van der Waals surface area (Å²) in [7, 11) is 3.32. The van der Waals surface area contributed by atoms with Crippen LogP contribution < -0.4 is 0 Å². The molecule has 0 radical (unpaired) electrons. The van der Waals surface area contributed by atoms with Crippen molar-refractivity contribution in [2.24, 2.45) is 0 Å². The number of ether oxygens (including phenoxy) is 1. The van der Waals surface area contributed by atoms with Crippen LogP contribution in [-0.4, -0.2) is 31.1 Å². The zero-order valence-electron chi connectivity index (χ0n) is 9.84. The van der Waals surface area contributed by atoms with E-state index in [-0.39, 0.29) is 24.4 Å². The Labute approximate surface area is 103 Å². The van der Waals surface area contributed by atoms with Gasteiger partial charge in [0.25, 0.3) is 0 Å². The van der Waals surface area contributed by atoms with Gasteiger partial charge in [-0.1, -0.05) is 30.3 Å². The van der Waals surface area contributed by atoms with Gasteiger partial charge in [0.1, 0.15) is 6.04 Å². The van der Waals surface area contributed by atoms with Crippen LogP contribution in [0.1, 0.15) is 12.5 Å². The third-order valence-corrected chi connectivity index (χ3v) is 2.48. The summed E-state index contributed by atoms with van der Waals surface area (Å²) < 4.78 is 4.69. The van der Waals surface area contributed by atoms with E-state index in [1.165, 1.54) is 12.7 Å². The molecule has 90 valence electrons. The largest absolute Gasteiger partial charge is 0.468 e. The molecule has 0 saturated heterocycles. The van der Waals surface area contributed by atoms with E-state index in [0.717, 1.165) is 6.54 Å². The van der Waals surface area contributed by atoms with Crippen molar-refractivity contribution in [2.45, 2.75) is 19.5 Å². The lowest BCUT2D eigenvalue weighted by Gasteiger charge is -2.22. The predicted molar refractivity (Wildman–Crippen MR) is 66.6 cm³/mol. The number of nitrogens with zero attached hydrogens (tertiary/aromatic N) is 1. The standard InChI is InChI=1S/C12H17NO2.ClH/c1-10(12(14)15-3)13(2)9-11-7-5-4-6-8-11;/h4-8,10H,9H2,1-3H3;1H/t10-;/m0./s1. The monoisotopic (exact) mass is 243 g/mol. The van der Waals surface area contributed by atoms with Gasteiger partial charge in [0.05, 0.1) is 7.11 Å². The fraction of sp³-hybridized carbons (Fsp3) is 0.417. The maximum atomic E-state index is 11.3. The molecule has 0 fully saturated rings. The van der Waals surface area contributed by atoms with Gasteiger partial charge in [-0.25, -0.2) is 0 Å². The van der Waals surface area contributed by atoms with E-state index in [2.05, 4.69) is 0 Å². The number of carbonyl (C=O) groups is 1. The van der Waals surface area contributed by atoms with Crippen LogP contribution >= 0.6 is 12.4 Å². The molecule has 0 saturated carbocycles. The van der Waals surface area contributed by atoms with Gasteiger partial charge in [-0.15, -0.1) is 12.4 Å². The van der Waals surface area contributed by atoms with E-state index in [9.17, 15) is 4.79 Å². The highest BCUT2D eigenvalue weighted by Gasteiger charge is 2.17. The van der Waals surface area contributed by atoms with Crippen LogP contribution in [0, 0.1) is 0 Å². The number of methoxy groups -OCH3 is 1. The first-order valence-corrected chi connectivity index (χ1v) is 4.97. The summed E-state index contributed by atoms with van der Waals surface area (Å²) in [6.45, 7) is 2.59. The molecule has 1 atom stereocenters. The molecular formula is C12H18ClNO2. The smallest absolute Gasteiger partial charge is 0.322 e. The lowest BCUT2D eigenvalue weighted by atomic mass is 10.2. The zero-order chi connectivity index (χ0) is 11.3. The summed E-state index contributed by atoms with van der Waals surface area (Å²) in [5, 5.41) is 0. The van der Waals surface area contributed by atoms with Crippen molar-refractivity contribution < 1.29 is 9.53 Å². The minimum atomic E-state index is -0.213. The Morgan fingerprint density at radius 1 is 1.38 bits per heavy atom. The number of hydrogen-bond donors (Lipinski definition) is 0. The van der Waals surface area contributed by atoms with E-state index in [0.29, 0.717) is 0 Å². The fourth-order valence-corrected chi connectivity index (χ4v) is 1.36. The van der Waals surface area contributed by atoms with Crippen LogP contribution in [0.5, 0.6) is 0 Å². The first-order valence-electron chi connectivity index (χ1n) is 4.97. The van der Waals surface area contributed by atoms with Crippen molar-refractivity contribution >= 4 is 18.4 Å². The Bertz CT molecular complexity index is 316. The van der Waals surface area contributed by atoms with Gasteiger partial charge in [-0.2, -0.15) is 0 Å². The van der Waals surface area contributed by atoms with Gasteiger partial charge >= 0.3 is 5.97 Å². The topological polar surface area (TPSA) is 29.5 Å². The predicted octanol–water partition coefficient (Wildman–Crippen LogP) is 2.10. The van der Waals surface area contributed by atoms with Crippen LogP contribution in [0.2, 0.25) is 0 Å². The van der Waals surface area contributed by atoms with Crippen LogP contribution in [0.4, 0.5) is 0 Å². The van der Waals surface area contributed by atoms with Crippen LogP contribution in [0.15, 0.2) is 30.3 Å². The number of hydrogen-bond acceptors (Lipinski definition) is 3. The van der Waals surface area contributed by atoms with Crippen molar-refractivity contribution in [2.75, 3.05) is 14.2 Å². The maximum Gasteiger partial charge on any atom is 0.322 e.